The van der Waals surface area contributed by atoms with Crippen LogP contribution in [-0.4, -0.2) is 25.9 Å². The Labute approximate surface area is 219 Å². The summed E-state index contributed by atoms with van der Waals surface area (Å²) in [5.41, 5.74) is 3.30. The first-order valence-corrected chi connectivity index (χ1v) is 13.2. The van der Waals surface area contributed by atoms with Gasteiger partial charge in [-0.1, -0.05) is 6.07 Å². The molecular weight excluding hydrogens is 489 g/mol. The number of aromatic nitrogens is 3. The van der Waals surface area contributed by atoms with Crippen LogP contribution >= 0.6 is 11.9 Å². The monoisotopic (exact) mass is 519 g/mol. The van der Waals surface area contributed by atoms with Crippen LogP contribution in [0.15, 0.2) is 55.0 Å². The van der Waals surface area contributed by atoms with Crippen molar-refractivity contribution in [3.05, 3.63) is 71.9 Å². The standard InChI is InChI=1S/C28H30FN5O2S/c1-17-11-18(13-26(35)32-20-15-31-34(16-20)28(2,3)4)12-23(29)27(17)36-25-9-10-30-24-8-5-19(14-22(24)25)33-37-21-6-7-21/h5,8-12,14-16,21,33H,6-7,13H2,1-4H3,(H,32,35). The first-order chi connectivity index (χ1) is 17.7. The van der Waals surface area contributed by atoms with E-state index in [-0.39, 0.29) is 23.6 Å². The summed E-state index contributed by atoms with van der Waals surface area (Å²) in [5.74, 6) is -0.112. The summed E-state index contributed by atoms with van der Waals surface area (Å²) in [6.07, 6.45) is 7.54. The van der Waals surface area contributed by atoms with Gasteiger partial charge < -0.3 is 14.8 Å². The number of hydrogen-bond acceptors (Lipinski definition) is 6. The van der Waals surface area contributed by atoms with Crippen LogP contribution in [0.1, 0.15) is 44.7 Å². The van der Waals surface area contributed by atoms with Gasteiger partial charge in [0.05, 0.1) is 29.4 Å². The Kier molecular flexibility index (Phi) is 6.81. The van der Waals surface area contributed by atoms with Crippen molar-refractivity contribution in [3.8, 4) is 11.5 Å². The first-order valence-electron chi connectivity index (χ1n) is 12.3. The number of nitrogens with one attached hydrogen (secondary N) is 2. The highest BCUT2D eigenvalue weighted by atomic mass is 32.2. The maximum atomic E-state index is 15.2. The van der Waals surface area contributed by atoms with Crippen LogP contribution in [0.3, 0.4) is 0 Å². The molecule has 0 radical (unpaired) electrons. The topological polar surface area (TPSA) is 81.1 Å². The maximum absolute atomic E-state index is 15.2. The molecule has 1 amide bonds. The first kappa shape index (κ1) is 25.1. The average Bonchev–Trinajstić information content (AvgIpc) is 3.55. The van der Waals surface area contributed by atoms with Crippen molar-refractivity contribution in [1.82, 2.24) is 14.8 Å². The number of benzene rings is 2. The van der Waals surface area contributed by atoms with E-state index in [1.165, 1.54) is 18.9 Å². The Morgan fingerprint density at radius 1 is 1.19 bits per heavy atom. The van der Waals surface area contributed by atoms with E-state index >= 15 is 4.39 Å². The molecule has 37 heavy (non-hydrogen) atoms. The summed E-state index contributed by atoms with van der Waals surface area (Å²) >= 11 is 1.72. The number of anilines is 2. The molecule has 5 rings (SSSR count). The fourth-order valence-electron chi connectivity index (χ4n) is 3.90. The minimum atomic E-state index is -0.521. The van der Waals surface area contributed by atoms with E-state index in [4.69, 9.17) is 4.74 Å². The van der Waals surface area contributed by atoms with E-state index in [0.29, 0.717) is 27.8 Å². The summed E-state index contributed by atoms with van der Waals surface area (Å²) in [6, 6.07) is 10.7. The number of hydrogen-bond donors (Lipinski definition) is 2. The molecule has 0 atom stereocenters. The van der Waals surface area contributed by atoms with Gasteiger partial charge in [0.2, 0.25) is 5.91 Å². The molecule has 0 saturated heterocycles. The van der Waals surface area contributed by atoms with Gasteiger partial charge in [-0.25, -0.2) is 4.39 Å². The highest BCUT2D eigenvalue weighted by Gasteiger charge is 2.22. The number of fused-ring (bicyclic) bond motifs is 1. The van der Waals surface area contributed by atoms with Gasteiger partial charge in [0.25, 0.3) is 0 Å². The van der Waals surface area contributed by atoms with E-state index in [9.17, 15) is 4.79 Å². The van der Waals surface area contributed by atoms with Crippen LogP contribution in [0, 0.1) is 12.7 Å². The van der Waals surface area contributed by atoms with Crippen molar-refractivity contribution >= 4 is 40.1 Å². The van der Waals surface area contributed by atoms with E-state index in [0.717, 1.165) is 16.6 Å². The van der Waals surface area contributed by atoms with Gasteiger partial charge in [0, 0.05) is 28.7 Å². The summed E-state index contributed by atoms with van der Waals surface area (Å²) in [5, 5.41) is 8.58. The molecule has 2 aromatic heterocycles. The Bertz CT molecular complexity index is 1440. The van der Waals surface area contributed by atoms with E-state index in [1.807, 2.05) is 39.0 Å². The number of aryl methyl sites for hydroxylation is 1. The van der Waals surface area contributed by atoms with E-state index in [2.05, 4.69) is 20.1 Å². The van der Waals surface area contributed by atoms with Crippen molar-refractivity contribution in [2.24, 2.45) is 0 Å². The van der Waals surface area contributed by atoms with Gasteiger partial charge in [-0.05, 0) is 93.9 Å². The van der Waals surface area contributed by atoms with Crippen LogP contribution in [0.5, 0.6) is 11.5 Å². The smallest absolute Gasteiger partial charge is 0.228 e. The lowest BCUT2D eigenvalue weighted by Gasteiger charge is -2.18. The minimum Gasteiger partial charge on any atom is -0.453 e. The molecule has 7 nitrogen and oxygen atoms in total. The van der Waals surface area contributed by atoms with Crippen LogP contribution < -0.4 is 14.8 Å². The zero-order chi connectivity index (χ0) is 26.2. The predicted molar refractivity (Wildman–Crippen MR) is 147 cm³/mol. The largest absolute Gasteiger partial charge is 0.453 e. The molecule has 9 heteroatoms. The second kappa shape index (κ2) is 10.0. The molecule has 192 valence electrons. The molecule has 1 fully saturated rings. The molecule has 1 aliphatic rings. The van der Waals surface area contributed by atoms with Gasteiger partial charge in [-0.2, -0.15) is 5.10 Å². The van der Waals surface area contributed by atoms with Crippen molar-refractivity contribution < 1.29 is 13.9 Å². The van der Waals surface area contributed by atoms with Crippen LogP contribution in [0.25, 0.3) is 10.9 Å². The van der Waals surface area contributed by atoms with Gasteiger partial charge in [0.1, 0.15) is 5.75 Å². The molecule has 2 N–H and O–H groups in total. The summed E-state index contributed by atoms with van der Waals surface area (Å²) < 4.78 is 26.4. The molecule has 2 aromatic carbocycles. The molecular formula is C28H30FN5O2S. The van der Waals surface area contributed by atoms with Crippen molar-refractivity contribution in [2.45, 2.75) is 57.7 Å². The van der Waals surface area contributed by atoms with Crippen LogP contribution in [0.4, 0.5) is 15.8 Å². The molecule has 0 unspecified atom stereocenters. The third kappa shape index (κ3) is 6.05. The number of halogens is 1. The van der Waals surface area contributed by atoms with Gasteiger partial charge in [0.15, 0.2) is 11.6 Å². The summed E-state index contributed by atoms with van der Waals surface area (Å²) in [4.78, 5) is 17.0. The lowest BCUT2D eigenvalue weighted by atomic mass is 10.1. The molecule has 1 saturated carbocycles. The number of ether oxygens (including phenoxy) is 1. The Morgan fingerprint density at radius 2 is 2.00 bits per heavy atom. The zero-order valence-corrected chi connectivity index (χ0v) is 22.2. The SMILES string of the molecule is Cc1cc(CC(=O)Nc2cnn(C(C)(C)C)c2)cc(F)c1Oc1ccnc2ccc(NSC3CC3)cc12. The normalized spacial score (nSPS) is 13.5. The number of pyridine rings is 1. The Morgan fingerprint density at radius 3 is 2.70 bits per heavy atom. The number of rotatable bonds is 8. The average molecular weight is 520 g/mol. The highest BCUT2D eigenvalue weighted by Crippen LogP contribution is 2.37. The molecule has 1 aliphatic carbocycles. The lowest BCUT2D eigenvalue weighted by molar-refractivity contribution is -0.115. The quantitative estimate of drug-likeness (QED) is 0.248. The Hall–Kier alpha value is -3.59. The third-order valence-electron chi connectivity index (χ3n) is 5.99. The minimum absolute atomic E-state index is 0.0324. The summed E-state index contributed by atoms with van der Waals surface area (Å²) in [7, 11) is 0. The number of carbonyl (C=O) groups is 1. The van der Waals surface area contributed by atoms with Gasteiger partial charge in [-0.15, -0.1) is 0 Å². The molecule has 0 spiro atoms. The molecule has 4 aromatic rings. The van der Waals surface area contributed by atoms with Gasteiger partial charge >= 0.3 is 0 Å². The van der Waals surface area contributed by atoms with Crippen LogP contribution in [-0.2, 0) is 16.8 Å². The van der Waals surface area contributed by atoms with E-state index in [1.54, 1.807) is 54.3 Å². The molecule has 0 bridgehead atoms. The molecule has 0 aliphatic heterocycles. The number of carbonyl (C=O) groups excluding carboxylic acids is 1. The van der Waals surface area contributed by atoms with Crippen LogP contribution in [0.2, 0.25) is 0 Å². The van der Waals surface area contributed by atoms with Gasteiger partial charge in [-0.3, -0.25) is 14.5 Å². The zero-order valence-electron chi connectivity index (χ0n) is 21.3. The second-order valence-electron chi connectivity index (χ2n) is 10.4. The highest BCUT2D eigenvalue weighted by molar-refractivity contribution is 8.01. The number of nitrogens with zero attached hydrogens (tertiary/aromatic N) is 3. The third-order valence-corrected chi connectivity index (χ3v) is 7.15. The van der Waals surface area contributed by atoms with E-state index < -0.39 is 5.82 Å². The molecule has 2 heterocycles. The lowest BCUT2D eigenvalue weighted by Crippen LogP contribution is -2.22. The van der Waals surface area contributed by atoms with Crippen molar-refractivity contribution in [2.75, 3.05) is 10.0 Å². The second-order valence-corrected chi connectivity index (χ2v) is 11.5. The fraction of sp³-hybridized carbons (Fsp3) is 0.321. The Balaban J connectivity index is 1.31. The maximum Gasteiger partial charge on any atom is 0.228 e. The fourth-order valence-corrected chi connectivity index (χ4v) is 4.70. The van der Waals surface area contributed by atoms with Crippen molar-refractivity contribution in [3.63, 3.8) is 0 Å². The van der Waals surface area contributed by atoms with Crippen molar-refractivity contribution in [1.29, 1.82) is 0 Å². The predicted octanol–water partition coefficient (Wildman–Crippen LogP) is 6.83. The number of amides is 1. The summed E-state index contributed by atoms with van der Waals surface area (Å²) in [6.45, 7) is 7.86.